The van der Waals surface area contributed by atoms with Crippen LogP contribution in [-0.2, 0) is 4.74 Å². The maximum atomic E-state index is 12.9. The second kappa shape index (κ2) is 8.51. The van der Waals surface area contributed by atoms with Crippen LogP contribution >= 0.6 is 0 Å². The fourth-order valence-corrected chi connectivity index (χ4v) is 3.46. The number of carbonyl (C=O) groups excluding carboxylic acids is 3. The van der Waals surface area contributed by atoms with Crippen molar-refractivity contribution in [2.75, 3.05) is 7.11 Å². The first-order valence-electron chi connectivity index (χ1n) is 9.92. The Labute approximate surface area is 185 Å². The molecule has 0 N–H and O–H groups in total. The predicted octanol–water partition coefficient (Wildman–Crippen LogP) is 4.93. The first-order valence-corrected chi connectivity index (χ1v) is 9.92. The van der Waals surface area contributed by atoms with Crippen molar-refractivity contribution >= 4 is 23.8 Å². The molecule has 6 nitrogen and oxygen atoms in total. The van der Waals surface area contributed by atoms with Crippen molar-refractivity contribution < 1.29 is 28.6 Å². The van der Waals surface area contributed by atoms with Crippen LogP contribution in [-0.4, -0.2) is 24.8 Å². The SMILES string of the molecule is COC(=O)c1ccc(/C=C2\Oc3cc(OC(=O)c4cccc(C)c4)cc(C)c3C2=O)cc1. The number of methoxy groups -OCH3 is 1. The Hall–Kier alpha value is -4.19. The molecule has 0 spiro atoms. The molecule has 1 aliphatic rings. The number of Topliss-reactive ketones (excluding diaryl/α,β-unsaturated/α-hetero) is 1. The van der Waals surface area contributed by atoms with E-state index in [1.165, 1.54) is 13.2 Å². The molecule has 1 heterocycles. The summed E-state index contributed by atoms with van der Waals surface area (Å²) in [6.45, 7) is 3.66. The third kappa shape index (κ3) is 4.16. The summed E-state index contributed by atoms with van der Waals surface area (Å²) in [4.78, 5) is 36.9. The fourth-order valence-electron chi connectivity index (χ4n) is 3.46. The van der Waals surface area contributed by atoms with Gasteiger partial charge >= 0.3 is 11.9 Å². The van der Waals surface area contributed by atoms with E-state index < -0.39 is 11.9 Å². The molecular formula is C26H20O6. The number of esters is 2. The summed E-state index contributed by atoms with van der Waals surface area (Å²) in [5.74, 6) is -0.405. The van der Waals surface area contributed by atoms with Gasteiger partial charge in [-0.05, 0) is 61.4 Å². The summed E-state index contributed by atoms with van der Waals surface area (Å²) in [7, 11) is 1.31. The summed E-state index contributed by atoms with van der Waals surface area (Å²) in [6, 6.07) is 16.9. The van der Waals surface area contributed by atoms with Gasteiger partial charge in [0.15, 0.2) is 5.76 Å². The molecule has 3 aromatic rings. The van der Waals surface area contributed by atoms with Gasteiger partial charge in [0.2, 0.25) is 5.78 Å². The molecule has 0 atom stereocenters. The van der Waals surface area contributed by atoms with Crippen LogP contribution in [0.25, 0.3) is 6.08 Å². The number of benzene rings is 3. The molecule has 6 heteroatoms. The minimum absolute atomic E-state index is 0.149. The number of rotatable bonds is 4. The molecule has 0 bridgehead atoms. The highest BCUT2D eigenvalue weighted by Crippen LogP contribution is 2.37. The van der Waals surface area contributed by atoms with Gasteiger partial charge in [0.1, 0.15) is 11.5 Å². The van der Waals surface area contributed by atoms with Crippen LogP contribution in [0.3, 0.4) is 0 Å². The molecule has 3 aromatic carbocycles. The number of ether oxygens (including phenoxy) is 3. The van der Waals surface area contributed by atoms with Crippen molar-refractivity contribution in [3.8, 4) is 11.5 Å². The van der Waals surface area contributed by atoms with Crippen LogP contribution in [0.5, 0.6) is 11.5 Å². The first-order chi connectivity index (χ1) is 15.4. The highest BCUT2D eigenvalue weighted by molar-refractivity contribution is 6.15. The van der Waals surface area contributed by atoms with Crippen LogP contribution in [0.4, 0.5) is 0 Å². The molecule has 0 aromatic heterocycles. The lowest BCUT2D eigenvalue weighted by atomic mass is 10.0. The Morgan fingerprint density at radius 3 is 2.34 bits per heavy atom. The summed E-state index contributed by atoms with van der Waals surface area (Å²) >= 11 is 0. The molecule has 0 unspecified atom stereocenters. The third-order valence-corrected chi connectivity index (χ3v) is 5.04. The highest BCUT2D eigenvalue weighted by Gasteiger charge is 2.30. The summed E-state index contributed by atoms with van der Waals surface area (Å²) in [5, 5.41) is 0. The number of fused-ring (bicyclic) bond motifs is 1. The topological polar surface area (TPSA) is 78.9 Å². The van der Waals surface area contributed by atoms with Gasteiger partial charge in [0, 0.05) is 6.07 Å². The number of aryl methyl sites for hydroxylation is 2. The normalized spacial score (nSPS) is 13.5. The van der Waals surface area contributed by atoms with Crippen LogP contribution in [0, 0.1) is 13.8 Å². The lowest BCUT2D eigenvalue weighted by Gasteiger charge is -2.08. The summed E-state index contributed by atoms with van der Waals surface area (Å²) < 4.78 is 16.0. The van der Waals surface area contributed by atoms with Gasteiger partial charge in [-0.25, -0.2) is 9.59 Å². The molecular weight excluding hydrogens is 408 g/mol. The Morgan fingerprint density at radius 2 is 1.66 bits per heavy atom. The number of allylic oxidation sites excluding steroid dienone is 1. The average molecular weight is 428 g/mol. The monoisotopic (exact) mass is 428 g/mol. The molecule has 0 radical (unpaired) electrons. The van der Waals surface area contributed by atoms with Crippen molar-refractivity contribution in [1.82, 2.24) is 0 Å². The van der Waals surface area contributed by atoms with Crippen LogP contribution in [0.15, 0.2) is 66.4 Å². The summed E-state index contributed by atoms with van der Waals surface area (Å²) in [6.07, 6.45) is 1.60. The Balaban J connectivity index is 1.57. The van der Waals surface area contributed by atoms with Gasteiger partial charge in [-0.3, -0.25) is 4.79 Å². The zero-order valence-corrected chi connectivity index (χ0v) is 17.8. The number of hydrogen-bond acceptors (Lipinski definition) is 6. The van der Waals surface area contributed by atoms with Crippen molar-refractivity contribution in [3.05, 3.63) is 99.8 Å². The standard InChI is InChI=1S/C26H20O6/c1-15-5-4-6-19(11-15)26(29)31-20-12-16(2)23-21(14-20)32-22(24(23)27)13-17-7-9-18(10-8-17)25(28)30-3/h4-14H,1-3H3/b22-13-. The average Bonchev–Trinajstić information content (AvgIpc) is 3.09. The Bertz CT molecular complexity index is 1270. The zero-order valence-electron chi connectivity index (χ0n) is 17.8. The zero-order chi connectivity index (χ0) is 22.8. The van der Waals surface area contributed by atoms with Crippen LogP contribution in [0.2, 0.25) is 0 Å². The van der Waals surface area contributed by atoms with E-state index in [9.17, 15) is 14.4 Å². The maximum Gasteiger partial charge on any atom is 0.343 e. The minimum atomic E-state index is -0.487. The molecule has 0 saturated carbocycles. The predicted molar refractivity (Wildman–Crippen MR) is 118 cm³/mol. The lowest BCUT2D eigenvalue weighted by molar-refractivity contribution is 0.0600. The molecule has 1 aliphatic heterocycles. The van der Waals surface area contributed by atoms with Crippen LogP contribution in [0.1, 0.15) is 47.8 Å². The number of hydrogen-bond donors (Lipinski definition) is 0. The highest BCUT2D eigenvalue weighted by atomic mass is 16.5. The molecule has 0 amide bonds. The van der Waals surface area contributed by atoms with Gasteiger partial charge in [-0.1, -0.05) is 29.8 Å². The van der Waals surface area contributed by atoms with E-state index in [-0.39, 0.29) is 11.5 Å². The first kappa shape index (κ1) is 21.1. The van der Waals surface area contributed by atoms with Gasteiger partial charge in [-0.15, -0.1) is 0 Å². The van der Waals surface area contributed by atoms with Crippen molar-refractivity contribution in [2.45, 2.75) is 13.8 Å². The van der Waals surface area contributed by atoms with E-state index in [4.69, 9.17) is 9.47 Å². The Kier molecular flexibility index (Phi) is 5.60. The second-order valence-corrected chi connectivity index (χ2v) is 7.43. The van der Waals surface area contributed by atoms with Crippen LogP contribution < -0.4 is 9.47 Å². The molecule has 160 valence electrons. The van der Waals surface area contributed by atoms with Gasteiger partial charge in [0.25, 0.3) is 0 Å². The number of carbonyl (C=O) groups is 3. The molecule has 4 rings (SSSR count). The number of ketones is 1. The smallest absolute Gasteiger partial charge is 0.343 e. The van der Waals surface area contributed by atoms with E-state index in [1.54, 1.807) is 61.5 Å². The van der Waals surface area contributed by atoms with Crippen molar-refractivity contribution in [1.29, 1.82) is 0 Å². The molecule has 32 heavy (non-hydrogen) atoms. The fraction of sp³-hybridized carbons (Fsp3) is 0.115. The lowest BCUT2D eigenvalue weighted by Crippen LogP contribution is -2.09. The minimum Gasteiger partial charge on any atom is -0.465 e. The molecule has 0 aliphatic carbocycles. The van der Waals surface area contributed by atoms with Gasteiger partial charge in [-0.2, -0.15) is 0 Å². The quantitative estimate of drug-likeness (QED) is 0.333. The van der Waals surface area contributed by atoms with E-state index in [1.807, 2.05) is 13.0 Å². The second-order valence-electron chi connectivity index (χ2n) is 7.43. The molecule has 0 saturated heterocycles. The summed E-state index contributed by atoms with van der Waals surface area (Å²) in [5.41, 5.74) is 3.57. The van der Waals surface area contributed by atoms with E-state index in [0.29, 0.717) is 39.3 Å². The van der Waals surface area contributed by atoms with E-state index >= 15 is 0 Å². The van der Waals surface area contributed by atoms with E-state index in [0.717, 1.165) is 5.56 Å². The third-order valence-electron chi connectivity index (χ3n) is 5.04. The van der Waals surface area contributed by atoms with Gasteiger partial charge < -0.3 is 14.2 Å². The molecule has 0 fully saturated rings. The maximum absolute atomic E-state index is 12.9. The van der Waals surface area contributed by atoms with Crippen molar-refractivity contribution in [3.63, 3.8) is 0 Å². The van der Waals surface area contributed by atoms with E-state index in [2.05, 4.69) is 4.74 Å². The van der Waals surface area contributed by atoms with Gasteiger partial charge in [0.05, 0.1) is 23.8 Å². The Morgan fingerprint density at radius 1 is 0.906 bits per heavy atom. The van der Waals surface area contributed by atoms with Crippen molar-refractivity contribution in [2.24, 2.45) is 0 Å². The largest absolute Gasteiger partial charge is 0.465 e.